The zero-order chi connectivity index (χ0) is 14.6. The summed E-state index contributed by atoms with van der Waals surface area (Å²) in [6, 6.07) is 0. The van der Waals surface area contributed by atoms with Gasteiger partial charge in [0.2, 0.25) is 5.91 Å². The van der Waals surface area contributed by atoms with E-state index >= 15 is 0 Å². The lowest BCUT2D eigenvalue weighted by molar-refractivity contribution is -0.140. The van der Waals surface area contributed by atoms with Crippen LogP contribution in [0.4, 0.5) is 0 Å². The second-order valence-corrected chi connectivity index (χ2v) is 6.28. The van der Waals surface area contributed by atoms with Crippen LogP contribution >= 0.6 is 0 Å². The van der Waals surface area contributed by atoms with E-state index in [2.05, 4.69) is 17.4 Å². The first-order valence-corrected chi connectivity index (χ1v) is 7.44. The Morgan fingerprint density at radius 1 is 1.10 bits per heavy atom. The maximum atomic E-state index is 12.2. The number of hydrogen-bond acceptors (Lipinski definition) is 4. The summed E-state index contributed by atoms with van der Waals surface area (Å²) in [7, 11) is 2.07. The molecule has 2 fully saturated rings. The van der Waals surface area contributed by atoms with E-state index in [4.69, 9.17) is 5.11 Å². The molecule has 1 aliphatic carbocycles. The lowest BCUT2D eigenvalue weighted by Crippen LogP contribution is -2.53. The molecule has 0 aromatic rings. The Labute approximate surface area is 120 Å². The molecular formula is C14H25N3O3. The number of carboxylic acids is 1. The normalized spacial score (nSPS) is 23.6. The summed E-state index contributed by atoms with van der Waals surface area (Å²) in [5, 5.41) is 11.0. The molecule has 0 radical (unpaired) electrons. The number of carbonyl (C=O) groups is 2. The van der Waals surface area contributed by atoms with E-state index in [1.807, 2.05) is 5.01 Å². The van der Waals surface area contributed by atoms with E-state index in [-0.39, 0.29) is 17.7 Å². The van der Waals surface area contributed by atoms with Gasteiger partial charge in [-0.3, -0.25) is 15.0 Å². The predicted molar refractivity (Wildman–Crippen MR) is 75.0 cm³/mol. The van der Waals surface area contributed by atoms with Gasteiger partial charge in [-0.1, -0.05) is 12.8 Å². The minimum atomic E-state index is -0.792. The fraction of sp³-hybridized carbons (Fsp3) is 0.857. The van der Waals surface area contributed by atoms with Gasteiger partial charge in [0.15, 0.2) is 0 Å². The van der Waals surface area contributed by atoms with E-state index in [0.29, 0.717) is 6.42 Å². The number of carboxylic acid groups (broad SMARTS) is 1. The zero-order valence-corrected chi connectivity index (χ0v) is 12.2. The van der Waals surface area contributed by atoms with E-state index in [9.17, 15) is 9.59 Å². The molecule has 2 rings (SSSR count). The zero-order valence-electron chi connectivity index (χ0n) is 12.2. The smallest absolute Gasteiger partial charge is 0.303 e. The SMILES string of the molecule is CN1CCN(NC(=O)CC2(CC(=O)O)CCCC2)CC1. The molecule has 20 heavy (non-hydrogen) atoms. The molecule has 0 atom stereocenters. The highest BCUT2D eigenvalue weighted by Gasteiger charge is 2.38. The van der Waals surface area contributed by atoms with E-state index < -0.39 is 5.97 Å². The van der Waals surface area contributed by atoms with Gasteiger partial charge >= 0.3 is 5.97 Å². The number of nitrogens with one attached hydrogen (secondary N) is 1. The Morgan fingerprint density at radius 2 is 1.70 bits per heavy atom. The number of rotatable bonds is 5. The molecule has 6 heteroatoms. The van der Waals surface area contributed by atoms with Crippen molar-refractivity contribution in [3.05, 3.63) is 0 Å². The van der Waals surface area contributed by atoms with Gasteiger partial charge in [0.1, 0.15) is 0 Å². The van der Waals surface area contributed by atoms with Gasteiger partial charge in [0.25, 0.3) is 0 Å². The first-order chi connectivity index (χ1) is 9.49. The monoisotopic (exact) mass is 283 g/mol. The fourth-order valence-electron chi connectivity index (χ4n) is 3.34. The molecule has 2 aliphatic rings. The lowest BCUT2D eigenvalue weighted by atomic mass is 9.79. The van der Waals surface area contributed by atoms with E-state index in [1.165, 1.54) is 0 Å². The molecule has 1 heterocycles. The largest absolute Gasteiger partial charge is 0.481 e. The number of likely N-dealkylation sites (N-methyl/N-ethyl adjacent to an activating group) is 1. The van der Waals surface area contributed by atoms with Gasteiger partial charge in [-0.05, 0) is 25.3 Å². The van der Waals surface area contributed by atoms with Crippen LogP contribution in [0.1, 0.15) is 38.5 Å². The molecule has 6 nitrogen and oxygen atoms in total. The minimum Gasteiger partial charge on any atom is -0.481 e. The molecule has 114 valence electrons. The van der Waals surface area contributed by atoms with Crippen LogP contribution in [0.3, 0.4) is 0 Å². The number of nitrogens with zero attached hydrogens (tertiary/aromatic N) is 2. The third-order valence-corrected chi connectivity index (χ3v) is 4.51. The van der Waals surface area contributed by atoms with Crippen LogP contribution in [0.25, 0.3) is 0 Å². The van der Waals surface area contributed by atoms with Gasteiger partial charge < -0.3 is 10.0 Å². The molecule has 0 spiro atoms. The highest BCUT2D eigenvalue weighted by Crippen LogP contribution is 2.43. The van der Waals surface area contributed by atoms with Gasteiger partial charge in [-0.25, -0.2) is 5.01 Å². The number of hydrogen-bond donors (Lipinski definition) is 2. The first-order valence-electron chi connectivity index (χ1n) is 7.44. The minimum absolute atomic E-state index is 0.0299. The average Bonchev–Trinajstić information content (AvgIpc) is 2.79. The topological polar surface area (TPSA) is 72.9 Å². The maximum Gasteiger partial charge on any atom is 0.303 e. The maximum absolute atomic E-state index is 12.2. The Kier molecular flexibility index (Phi) is 4.99. The Bertz CT molecular complexity index is 359. The number of amides is 1. The van der Waals surface area contributed by atoms with Crippen LogP contribution in [0.5, 0.6) is 0 Å². The first kappa shape index (κ1) is 15.3. The average molecular weight is 283 g/mol. The fourth-order valence-corrected chi connectivity index (χ4v) is 3.34. The van der Waals surface area contributed by atoms with Crippen molar-refractivity contribution in [2.24, 2.45) is 5.41 Å². The summed E-state index contributed by atoms with van der Waals surface area (Å²) in [5.74, 6) is -0.822. The number of carbonyl (C=O) groups excluding carboxylic acids is 1. The molecule has 0 unspecified atom stereocenters. The molecule has 1 saturated carbocycles. The number of piperazine rings is 1. The summed E-state index contributed by atoms with van der Waals surface area (Å²) >= 11 is 0. The molecule has 0 aromatic heterocycles. The third kappa shape index (κ3) is 4.18. The molecule has 2 N–H and O–H groups in total. The van der Waals surface area contributed by atoms with Gasteiger partial charge in [0, 0.05) is 32.6 Å². The second-order valence-electron chi connectivity index (χ2n) is 6.28. The van der Waals surface area contributed by atoms with Crippen LogP contribution in [0.2, 0.25) is 0 Å². The molecule has 1 amide bonds. The van der Waals surface area contributed by atoms with Gasteiger partial charge in [-0.2, -0.15) is 0 Å². The van der Waals surface area contributed by atoms with Crippen molar-refractivity contribution in [2.75, 3.05) is 33.2 Å². The van der Waals surface area contributed by atoms with Gasteiger partial charge in [-0.15, -0.1) is 0 Å². The molecule has 0 bridgehead atoms. The molecular weight excluding hydrogens is 258 g/mol. The number of aliphatic carboxylic acids is 1. The van der Waals surface area contributed by atoms with E-state index in [0.717, 1.165) is 51.9 Å². The lowest BCUT2D eigenvalue weighted by Gasteiger charge is -2.34. The van der Waals surface area contributed by atoms with Crippen molar-refractivity contribution in [2.45, 2.75) is 38.5 Å². The quantitative estimate of drug-likeness (QED) is 0.776. The second kappa shape index (κ2) is 6.54. The summed E-state index contributed by atoms with van der Waals surface area (Å²) < 4.78 is 0. The molecule has 1 aliphatic heterocycles. The molecule has 0 aromatic carbocycles. The van der Waals surface area contributed by atoms with Crippen LogP contribution in [0, 0.1) is 5.41 Å². The summed E-state index contributed by atoms with van der Waals surface area (Å²) in [6.07, 6.45) is 4.24. The van der Waals surface area contributed by atoms with Crippen LogP contribution < -0.4 is 5.43 Å². The third-order valence-electron chi connectivity index (χ3n) is 4.51. The van der Waals surface area contributed by atoms with Crippen LogP contribution in [-0.2, 0) is 9.59 Å². The highest BCUT2D eigenvalue weighted by molar-refractivity contribution is 5.77. The Hall–Kier alpha value is -1.14. The summed E-state index contributed by atoms with van der Waals surface area (Å²) in [5.41, 5.74) is 2.62. The molecule has 1 saturated heterocycles. The van der Waals surface area contributed by atoms with Crippen molar-refractivity contribution in [1.29, 1.82) is 0 Å². The highest BCUT2D eigenvalue weighted by atomic mass is 16.4. The van der Waals surface area contributed by atoms with Crippen LogP contribution in [-0.4, -0.2) is 60.1 Å². The standard InChI is InChI=1S/C14H25N3O3/c1-16-6-8-17(9-7-16)15-12(18)10-14(11-13(19)20)4-2-3-5-14/h2-11H2,1H3,(H,15,18)(H,19,20). The summed E-state index contributed by atoms with van der Waals surface area (Å²) in [4.78, 5) is 25.4. The van der Waals surface area contributed by atoms with Crippen molar-refractivity contribution in [3.8, 4) is 0 Å². The number of hydrazine groups is 1. The van der Waals surface area contributed by atoms with E-state index in [1.54, 1.807) is 0 Å². The predicted octanol–water partition coefficient (Wildman–Crippen LogP) is 0.690. The Balaban J connectivity index is 1.84. The van der Waals surface area contributed by atoms with Crippen molar-refractivity contribution in [3.63, 3.8) is 0 Å². The van der Waals surface area contributed by atoms with Crippen molar-refractivity contribution < 1.29 is 14.7 Å². The van der Waals surface area contributed by atoms with Crippen LogP contribution in [0.15, 0.2) is 0 Å². The van der Waals surface area contributed by atoms with Crippen molar-refractivity contribution >= 4 is 11.9 Å². The van der Waals surface area contributed by atoms with Gasteiger partial charge in [0.05, 0.1) is 6.42 Å². The Morgan fingerprint density at radius 3 is 2.25 bits per heavy atom. The van der Waals surface area contributed by atoms with Crippen molar-refractivity contribution in [1.82, 2.24) is 15.3 Å². The summed E-state index contributed by atoms with van der Waals surface area (Å²) in [6.45, 7) is 3.55.